The summed E-state index contributed by atoms with van der Waals surface area (Å²) >= 11 is 0. The Morgan fingerprint density at radius 2 is 1.85 bits per heavy atom. The molecule has 1 aliphatic heterocycles. The fraction of sp³-hybridized carbons (Fsp3) is 0.200. The highest BCUT2D eigenvalue weighted by Crippen LogP contribution is 2.46. The number of fused-ring (bicyclic) bond motifs is 2. The molecule has 0 saturated carbocycles. The third kappa shape index (κ3) is 1.97. The lowest BCUT2D eigenvalue weighted by Gasteiger charge is -2.24. The Hall–Kier alpha value is -2.56. The van der Waals surface area contributed by atoms with E-state index in [1.807, 2.05) is 43.3 Å². The van der Waals surface area contributed by atoms with Crippen LogP contribution in [0.5, 0.6) is 17.2 Å². The van der Waals surface area contributed by atoms with Crippen molar-refractivity contribution < 1.29 is 9.47 Å². The Balaban J connectivity index is 2.02. The normalized spacial score (nSPS) is 11.8. The van der Waals surface area contributed by atoms with Gasteiger partial charge in [-0.2, -0.15) is 0 Å². The molecule has 0 amide bonds. The smallest absolute Gasteiger partial charge is 0.153 e. The van der Waals surface area contributed by atoms with Gasteiger partial charge in [-0.15, -0.1) is 0 Å². The van der Waals surface area contributed by atoms with Crippen LogP contribution >= 0.6 is 0 Å². The molecule has 20 heavy (non-hydrogen) atoms. The summed E-state index contributed by atoms with van der Waals surface area (Å²) in [4.78, 5) is 2.03. The minimum Gasteiger partial charge on any atom is -0.495 e. The van der Waals surface area contributed by atoms with Crippen molar-refractivity contribution in [2.24, 2.45) is 0 Å². The third-order valence-electron chi connectivity index (χ3n) is 3.30. The number of anilines is 4. The van der Waals surface area contributed by atoms with E-state index in [2.05, 4.69) is 5.32 Å². The number of nitrogens with two attached hydrogens (primary N) is 1. The van der Waals surface area contributed by atoms with Crippen molar-refractivity contribution >= 4 is 22.7 Å². The highest BCUT2D eigenvalue weighted by Gasteiger charge is 2.19. The molecule has 0 aromatic heterocycles. The molecule has 3 N–H and O–H groups in total. The maximum absolute atomic E-state index is 5.92. The fourth-order valence-electron chi connectivity index (χ4n) is 2.18. The van der Waals surface area contributed by atoms with Gasteiger partial charge >= 0.3 is 0 Å². The maximum atomic E-state index is 5.92. The Labute approximate surface area is 117 Å². The fourth-order valence-corrected chi connectivity index (χ4v) is 2.18. The standard InChI is InChI=1S/C15H17N3O2/c1-18(2)9-4-5-11-14(6-9)20-15-7-10(16)13(19-3)8-12(15)17-11/h4-8,17H,16H2,1-3H3. The molecule has 0 unspecified atom stereocenters. The van der Waals surface area contributed by atoms with Crippen molar-refractivity contribution in [1.82, 2.24) is 0 Å². The second-order valence-electron chi connectivity index (χ2n) is 4.89. The third-order valence-corrected chi connectivity index (χ3v) is 3.30. The lowest BCUT2D eigenvalue weighted by atomic mass is 10.1. The van der Waals surface area contributed by atoms with Crippen LogP contribution in [0.25, 0.3) is 0 Å². The van der Waals surface area contributed by atoms with Crippen molar-refractivity contribution in [3.05, 3.63) is 30.3 Å². The predicted molar refractivity (Wildman–Crippen MR) is 81.5 cm³/mol. The summed E-state index contributed by atoms with van der Waals surface area (Å²) < 4.78 is 11.1. The van der Waals surface area contributed by atoms with Crippen molar-refractivity contribution in [2.75, 3.05) is 37.2 Å². The molecule has 0 bridgehead atoms. The summed E-state index contributed by atoms with van der Waals surface area (Å²) in [5.41, 5.74) is 9.32. The number of hydrogen-bond acceptors (Lipinski definition) is 5. The van der Waals surface area contributed by atoms with E-state index in [-0.39, 0.29) is 0 Å². The lowest BCUT2D eigenvalue weighted by Crippen LogP contribution is -2.10. The second kappa shape index (κ2) is 4.52. The quantitative estimate of drug-likeness (QED) is 0.701. The van der Waals surface area contributed by atoms with Crippen molar-refractivity contribution in [1.29, 1.82) is 0 Å². The lowest BCUT2D eigenvalue weighted by molar-refractivity contribution is 0.415. The highest BCUT2D eigenvalue weighted by molar-refractivity contribution is 5.81. The number of nitrogen functional groups attached to an aromatic ring is 1. The highest BCUT2D eigenvalue weighted by atomic mass is 16.5. The van der Waals surface area contributed by atoms with Gasteiger partial charge in [0, 0.05) is 38.0 Å². The summed E-state index contributed by atoms with van der Waals surface area (Å²) in [7, 11) is 5.59. The van der Waals surface area contributed by atoms with Crippen LogP contribution in [0.15, 0.2) is 30.3 Å². The largest absolute Gasteiger partial charge is 0.495 e. The van der Waals surface area contributed by atoms with Gasteiger partial charge in [-0.3, -0.25) is 0 Å². The van der Waals surface area contributed by atoms with Crippen LogP contribution in [0.1, 0.15) is 0 Å². The SMILES string of the molecule is COc1cc2c(cc1N)Oc1cc(N(C)C)ccc1N2. The molecule has 2 aromatic carbocycles. The summed E-state index contributed by atoms with van der Waals surface area (Å²) in [5.74, 6) is 2.12. The van der Waals surface area contributed by atoms with E-state index in [0.29, 0.717) is 17.2 Å². The van der Waals surface area contributed by atoms with Crippen LogP contribution in [0.2, 0.25) is 0 Å². The maximum Gasteiger partial charge on any atom is 0.153 e. The van der Waals surface area contributed by atoms with Crippen LogP contribution in [-0.2, 0) is 0 Å². The van der Waals surface area contributed by atoms with Crippen LogP contribution < -0.4 is 25.4 Å². The Bertz CT molecular complexity index is 668. The topological polar surface area (TPSA) is 59.8 Å². The minimum atomic E-state index is 0.556. The minimum absolute atomic E-state index is 0.556. The molecule has 0 saturated heterocycles. The van der Waals surface area contributed by atoms with Gasteiger partial charge in [0.15, 0.2) is 11.5 Å². The van der Waals surface area contributed by atoms with E-state index in [1.165, 1.54) is 0 Å². The number of hydrogen-bond donors (Lipinski definition) is 2. The number of benzene rings is 2. The zero-order chi connectivity index (χ0) is 14.3. The molecule has 0 aliphatic carbocycles. The number of ether oxygens (including phenoxy) is 2. The Kier molecular flexibility index (Phi) is 2.82. The van der Waals surface area contributed by atoms with Crippen LogP contribution in [-0.4, -0.2) is 21.2 Å². The van der Waals surface area contributed by atoms with Crippen LogP contribution in [0.4, 0.5) is 22.7 Å². The Morgan fingerprint density at radius 1 is 1.10 bits per heavy atom. The average molecular weight is 271 g/mol. The van der Waals surface area contributed by atoms with Crippen molar-refractivity contribution in [3.8, 4) is 17.2 Å². The molecule has 3 rings (SSSR count). The average Bonchev–Trinajstić information content (AvgIpc) is 2.43. The Morgan fingerprint density at radius 3 is 2.55 bits per heavy atom. The summed E-state index contributed by atoms with van der Waals surface area (Å²) in [6.45, 7) is 0. The molecule has 0 radical (unpaired) electrons. The van der Waals surface area contributed by atoms with Gasteiger partial charge in [0.1, 0.15) is 5.75 Å². The second-order valence-corrected chi connectivity index (χ2v) is 4.89. The first-order valence-electron chi connectivity index (χ1n) is 6.32. The van der Waals surface area contributed by atoms with Crippen molar-refractivity contribution in [3.63, 3.8) is 0 Å². The van der Waals surface area contributed by atoms with Gasteiger partial charge in [-0.05, 0) is 12.1 Å². The summed E-state index contributed by atoms with van der Waals surface area (Å²) in [6, 6.07) is 9.64. The molecule has 2 aromatic rings. The van der Waals surface area contributed by atoms with Gasteiger partial charge in [-0.1, -0.05) is 0 Å². The first kappa shape index (κ1) is 12.5. The van der Waals surface area contributed by atoms with E-state index in [1.54, 1.807) is 13.2 Å². The molecule has 1 heterocycles. The number of rotatable bonds is 2. The van der Waals surface area contributed by atoms with E-state index in [0.717, 1.165) is 22.8 Å². The van der Waals surface area contributed by atoms with Gasteiger partial charge in [-0.25, -0.2) is 0 Å². The summed E-state index contributed by atoms with van der Waals surface area (Å²) in [5, 5.41) is 3.33. The van der Waals surface area contributed by atoms with Crippen LogP contribution in [0, 0.1) is 0 Å². The van der Waals surface area contributed by atoms with Crippen molar-refractivity contribution in [2.45, 2.75) is 0 Å². The molecule has 5 nitrogen and oxygen atoms in total. The monoisotopic (exact) mass is 271 g/mol. The van der Waals surface area contributed by atoms with E-state index < -0.39 is 0 Å². The summed E-state index contributed by atoms with van der Waals surface area (Å²) in [6.07, 6.45) is 0. The van der Waals surface area contributed by atoms with Crippen LogP contribution in [0.3, 0.4) is 0 Å². The van der Waals surface area contributed by atoms with Gasteiger partial charge in [0.25, 0.3) is 0 Å². The predicted octanol–water partition coefficient (Wildman–Crippen LogP) is 3.19. The van der Waals surface area contributed by atoms with E-state index >= 15 is 0 Å². The van der Waals surface area contributed by atoms with E-state index in [4.69, 9.17) is 15.2 Å². The molecule has 0 spiro atoms. The van der Waals surface area contributed by atoms with Gasteiger partial charge in [0.2, 0.25) is 0 Å². The molecule has 0 atom stereocenters. The zero-order valence-corrected chi connectivity index (χ0v) is 11.7. The zero-order valence-electron chi connectivity index (χ0n) is 11.7. The molecule has 1 aliphatic rings. The van der Waals surface area contributed by atoms with Gasteiger partial charge in [0.05, 0.1) is 24.2 Å². The molecular weight excluding hydrogens is 254 g/mol. The molecule has 0 fully saturated rings. The number of nitrogens with zero attached hydrogens (tertiary/aromatic N) is 1. The first-order chi connectivity index (χ1) is 9.58. The first-order valence-corrected chi connectivity index (χ1v) is 6.32. The number of methoxy groups -OCH3 is 1. The van der Waals surface area contributed by atoms with E-state index in [9.17, 15) is 0 Å². The molecule has 104 valence electrons. The molecule has 5 heteroatoms. The number of nitrogens with one attached hydrogen (secondary N) is 1. The molecular formula is C15H17N3O2. The van der Waals surface area contributed by atoms with Gasteiger partial charge < -0.3 is 25.4 Å².